The normalized spacial score (nSPS) is 11.6. The second-order valence-corrected chi connectivity index (χ2v) is 3.09. The number of benzene rings is 1. The fourth-order valence-corrected chi connectivity index (χ4v) is 1.27. The van der Waals surface area contributed by atoms with Gasteiger partial charge in [-0.2, -0.15) is 0 Å². The summed E-state index contributed by atoms with van der Waals surface area (Å²) in [6.45, 7) is 0.233. The van der Waals surface area contributed by atoms with Gasteiger partial charge in [0, 0.05) is 0 Å². The van der Waals surface area contributed by atoms with Gasteiger partial charge in [0.15, 0.2) is 0 Å². The quantitative estimate of drug-likeness (QED) is 0.614. The van der Waals surface area contributed by atoms with E-state index in [0.717, 1.165) is 0 Å². The molecule has 1 atom stereocenters. The fourth-order valence-electron chi connectivity index (χ4n) is 1.27. The van der Waals surface area contributed by atoms with E-state index in [-0.39, 0.29) is 12.4 Å². The average Bonchev–Trinajstić information content (AvgIpc) is 2.31. The van der Waals surface area contributed by atoms with Gasteiger partial charge in [0.1, 0.15) is 11.9 Å². The molecule has 0 radical (unpaired) electrons. The molecule has 1 rings (SSSR count). The summed E-state index contributed by atoms with van der Waals surface area (Å²) < 4.78 is 17.3. The number of carbonyl (C=O) groups is 1. The topological polar surface area (TPSA) is 38.3 Å². The Bertz CT molecular complexity index is 394. The number of hydrogen-bond acceptors (Lipinski definition) is 3. The lowest BCUT2D eigenvalue weighted by molar-refractivity contribution is -0.143. The molecule has 1 aromatic rings. The van der Waals surface area contributed by atoms with Crippen LogP contribution in [0.5, 0.6) is 0 Å². The van der Waals surface area contributed by atoms with Gasteiger partial charge in [-0.15, -0.1) is 6.42 Å². The molecule has 0 aliphatic heterocycles. The van der Waals surface area contributed by atoms with Crippen molar-refractivity contribution in [3.63, 3.8) is 0 Å². The Labute approximate surface area is 93.6 Å². The molecule has 0 aliphatic rings. The number of ether oxygens (including phenoxy) is 1. The SMILES string of the molecule is C#CCNC(C(=O)OC)c1ccc(F)cc1. The summed E-state index contributed by atoms with van der Waals surface area (Å²) in [5.41, 5.74) is 0.614. The molecule has 0 aromatic heterocycles. The first-order valence-corrected chi connectivity index (χ1v) is 4.69. The van der Waals surface area contributed by atoms with E-state index in [0.29, 0.717) is 5.56 Å². The van der Waals surface area contributed by atoms with E-state index >= 15 is 0 Å². The molecule has 84 valence electrons. The summed E-state index contributed by atoms with van der Waals surface area (Å²) in [4.78, 5) is 11.5. The number of terminal acetylenes is 1. The van der Waals surface area contributed by atoms with Crippen molar-refractivity contribution in [2.75, 3.05) is 13.7 Å². The molecule has 0 amide bonds. The van der Waals surface area contributed by atoms with Crippen molar-refractivity contribution in [1.29, 1.82) is 0 Å². The maximum atomic E-state index is 12.7. The van der Waals surface area contributed by atoms with Gasteiger partial charge in [-0.05, 0) is 17.7 Å². The van der Waals surface area contributed by atoms with Gasteiger partial charge in [-0.1, -0.05) is 18.1 Å². The van der Waals surface area contributed by atoms with E-state index in [4.69, 9.17) is 6.42 Å². The van der Waals surface area contributed by atoms with Gasteiger partial charge < -0.3 is 4.74 Å². The molecule has 0 fully saturated rings. The number of rotatable bonds is 4. The Balaban J connectivity index is 2.88. The standard InChI is InChI=1S/C12H12FNO2/c1-3-8-14-11(12(15)16-2)9-4-6-10(13)7-5-9/h1,4-7,11,14H,8H2,2H3. The summed E-state index contributed by atoms with van der Waals surface area (Å²) in [5.74, 6) is 1.55. The van der Waals surface area contributed by atoms with Crippen LogP contribution in [0.4, 0.5) is 4.39 Å². The lowest BCUT2D eigenvalue weighted by atomic mass is 10.1. The lowest BCUT2D eigenvalue weighted by Gasteiger charge is -2.15. The maximum Gasteiger partial charge on any atom is 0.327 e. The van der Waals surface area contributed by atoms with Crippen LogP contribution < -0.4 is 5.32 Å². The summed E-state index contributed by atoms with van der Waals surface area (Å²) in [6, 6.07) is 4.92. The third-order valence-corrected chi connectivity index (χ3v) is 2.05. The van der Waals surface area contributed by atoms with Gasteiger partial charge in [0.05, 0.1) is 13.7 Å². The van der Waals surface area contributed by atoms with E-state index in [2.05, 4.69) is 16.0 Å². The molecular weight excluding hydrogens is 209 g/mol. The molecular formula is C12H12FNO2. The van der Waals surface area contributed by atoms with E-state index in [9.17, 15) is 9.18 Å². The largest absolute Gasteiger partial charge is 0.468 e. The number of halogens is 1. The van der Waals surface area contributed by atoms with Crippen LogP contribution in [0.15, 0.2) is 24.3 Å². The molecule has 0 bridgehead atoms. The molecule has 0 saturated carbocycles. The average molecular weight is 221 g/mol. The second-order valence-electron chi connectivity index (χ2n) is 3.09. The van der Waals surface area contributed by atoms with Crippen molar-refractivity contribution < 1.29 is 13.9 Å². The molecule has 4 heteroatoms. The highest BCUT2D eigenvalue weighted by molar-refractivity contribution is 5.77. The van der Waals surface area contributed by atoms with Crippen LogP contribution >= 0.6 is 0 Å². The summed E-state index contributed by atoms with van der Waals surface area (Å²) in [5, 5.41) is 2.82. The second kappa shape index (κ2) is 5.89. The van der Waals surface area contributed by atoms with Crippen molar-refractivity contribution in [3.8, 4) is 12.3 Å². The number of nitrogens with one attached hydrogen (secondary N) is 1. The summed E-state index contributed by atoms with van der Waals surface area (Å²) in [6.07, 6.45) is 5.10. The minimum absolute atomic E-state index is 0.233. The van der Waals surface area contributed by atoms with Crippen molar-refractivity contribution in [2.45, 2.75) is 6.04 Å². The Morgan fingerprint density at radius 1 is 1.56 bits per heavy atom. The van der Waals surface area contributed by atoms with Gasteiger partial charge in [0.2, 0.25) is 0 Å². The molecule has 0 heterocycles. The predicted molar refractivity (Wildman–Crippen MR) is 58.0 cm³/mol. The molecule has 3 nitrogen and oxygen atoms in total. The lowest BCUT2D eigenvalue weighted by Crippen LogP contribution is -2.29. The molecule has 16 heavy (non-hydrogen) atoms. The summed E-state index contributed by atoms with van der Waals surface area (Å²) >= 11 is 0. The smallest absolute Gasteiger partial charge is 0.327 e. The van der Waals surface area contributed by atoms with E-state index in [1.54, 1.807) is 0 Å². The number of methoxy groups -OCH3 is 1. The first-order valence-electron chi connectivity index (χ1n) is 4.69. The minimum Gasteiger partial charge on any atom is -0.468 e. The van der Waals surface area contributed by atoms with Crippen LogP contribution in [0.3, 0.4) is 0 Å². The molecule has 1 N–H and O–H groups in total. The van der Waals surface area contributed by atoms with Crippen LogP contribution in [-0.2, 0) is 9.53 Å². The Morgan fingerprint density at radius 3 is 2.69 bits per heavy atom. The van der Waals surface area contributed by atoms with E-state index < -0.39 is 12.0 Å². The third kappa shape index (κ3) is 3.07. The number of carbonyl (C=O) groups excluding carboxylic acids is 1. The highest BCUT2D eigenvalue weighted by atomic mass is 19.1. The van der Waals surface area contributed by atoms with Gasteiger partial charge in [-0.3, -0.25) is 5.32 Å². The van der Waals surface area contributed by atoms with Crippen molar-refractivity contribution in [3.05, 3.63) is 35.6 Å². The van der Waals surface area contributed by atoms with E-state index in [1.807, 2.05) is 0 Å². The molecule has 0 aliphatic carbocycles. The van der Waals surface area contributed by atoms with Crippen LogP contribution in [0.1, 0.15) is 11.6 Å². The Morgan fingerprint density at radius 2 is 2.19 bits per heavy atom. The number of esters is 1. The van der Waals surface area contributed by atoms with Crippen LogP contribution in [0.25, 0.3) is 0 Å². The maximum absolute atomic E-state index is 12.7. The highest BCUT2D eigenvalue weighted by Gasteiger charge is 2.20. The van der Waals surface area contributed by atoms with Gasteiger partial charge >= 0.3 is 5.97 Å². The molecule has 0 spiro atoms. The summed E-state index contributed by atoms with van der Waals surface area (Å²) in [7, 11) is 1.29. The Hall–Kier alpha value is -1.86. The van der Waals surface area contributed by atoms with Crippen molar-refractivity contribution in [1.82, 2.24) is 5.32 Å². The molecule has 1 aromatic carbocycles. The van der Waals surface area contributed by atoms with Crippen molar-refractivity contribution in [2.24, 2.45) is 0 Å². The molecule has 1 unspecified atom stereocenters. The monoisotopic (exact) mass is 221 g/mol. The fraction of sp³-hybridized carbons (Fsp3) is 0.250. The Kier molecular flexibility index (Phi) is 4.49. The van der Waals surface area contributed by atoms with Gasteiger partial charge in [-0.25, -0.2) is 9.18 Å². The zero-order valence-electron chi connectivity index (χ0n) is 8.87. The van der Waals surface area contributed by atoms with Crippen LogP contribution in [0.2, 0.25) is 0 Å². The third-order valence-electron chi connectivity index (χ3n) is 2.05. The van der Waals surface area contributed by atoms with E-state index in [1.165, 1.54) is 31.4 Å². The minimum atomic E-state index is -0.665. The first-order chi connectivity index (χ1) is 7.69. The first kappa shape index (κ1) is 12.2. The zero-order valence-corrected chi connectivity index (χ0v) is 8.87. The van der Waals surface area contributed by atoms with Crippen LogP contribution in [-0.4, -0.2) is 19.6 Å². The zero-order chi connectivity index (χ0) is 12.0. The van der Waals surface area contributed by atoms with Gasteiger partial charge in [0.25, 0.3) is 0 Å². The predicted octanol–water partition coefficient (Wildman–Crippen LogP) is 1.26. The number of hydrogen-bond donors (Lipinski definition) is 1. The van der Waals surface area contributed by atoms with Crippen molar-refractivity contribution >= 4 is 5.97 Å². The highest BCUT2D eigenvalue weighted by Crippen LogP contribution is 2.14. The van der Waals surface area contributed by atoms with Crippen LogP contribution in [0, 0.1) is 18.2 Å². The molecule has 0 saturated heterocycles.